The number of hydrogen-bond acceptors (Lipinski definition) is 4. The van der Waals surface area contributed by atoms with Gasteiger partial charge in [0.2, 0.25) is 0 Å². The van der Waals surface area contributed by atoms with Crippen LogP contribution in [-0.4, -0.2) is 57.5 Å². The largest absolute Gasteiger partial charge is 0.367 e. The third kappa shape index (κ3) is 3.79. The predicted molar refractivity (Wildman–Crippen MR) is 86.4 cm³/mol. The highest BCUT2D eigenvalue weighted by atomic mass is 32.2. The lowest BCUT2D eigenvalue weighted by molar-refractivity contribution is 0.211. The summed E-state index contributed by atoms with van der Waals surface area (Å²) in [5, 5.41) is 0. The topological polar surface area (TPSA) is 40.6 Å². The molecule has 0 aliphatic carbocycles. The molecule has 0 unspecified atom stereocenters. The number of anilines is 1. The predicted octanol–water partition coefficient (Wildman–Crippen LogP) is 1.77. The molecular formula is C16H23FN2O2S. The molecule has 6 heteroatoms. The van der Waals surface area contributed by atoms with Crippen molar-refractivity contribution in [2.24, 2.45) is 5.92 Å². The molecule has 4 nitrogen and oxygen atoms in total. The third-order valence-corrected chi connectivity index (χ3v) is 6.47. The lowest BCUT2D eigenvalue weighted by atomic mass is 10.0. The fourth-order valence-corrected chi connectivity index (χ4v) is 4.96. The average molecular weight is 326 g/mol. The molecule has 0 amide bonds. The van der Waals surface area contributed by atoms with Crippen molar-refractivity contribution in [1.29, 1.82) is 0 Å². The van der Waals surface area contributed by atoms with Gasteiger partial charge < -0.3 is 4.90 Å². The zero-order valence-corrected chi connectivity index (χ0v) is 13.6. The van der Waals surface area contributed by atoms with Crippen LogP contribution in [0.25, 0.3) is 0 Å². The minimum absolute atomic E-state index is 0.159. The monoisotopic (exact) mass is 326 g/mol. The summed E-state index contributed by atoms with van der Waals surface area (Å²) < 4.78 is 36.7. The SMILES string of the molecule is O=S1(=O)CCC(CN2CCN(c3ccccc3F)CC2)CC1. The molecule has 1 aromatic carbocycles. The summed E-state index contributed by atoms with van der Waals surface area (Å²) in [5.74, 6) is 1.01. The fourth-order valence-electron chi connectivity index (χ4n) is 3.37. The van der Waals surface area contributed by atoms with E-state index in [2.05, 4.69) is 9.80 Å². The molecule has 2 aliphatic rings. The Morgan fingerprint density at radius 2 is 1.68 bits per heavy atom. The zero-order chi connectivity index (χ0) is 15.6. The molecule has 0 N–H and O–H groups in total. The average Bonchev–Trinajstić information content (AvgIpc) is 2.51. The van der Waals surface area contributed by atoms with Gasteiger partial charge in [0.05, 0.1) is 17.2 Å². The first-order valence-electron chi connectivity index (χ1n) is 7.96. The maximum atomic E-state index is 13.8. The maximum absolute atomic E-state index is 13.8. The van der Waals surface area contributed by atoms with E-state index < -0.39 is 9.84 Å². The minimum atomic E-state index is -2.77. The smallest absolute Gasteiger partial charge is 0.150 e. The third-order valence-electron chi connectivity index (χ3n) is 4.76. The minimum Gasteiger partial charge on any atom is -0.367 e. The van der Waals surface area contributed by atoms with Crippen LogP contribution in [0.4, 0.5) is 10.1 Å². The van der Waals surface area contributed by atoms with Gasteiger partial charge in [-0.25, -0.2) is 12.8 Å². The summed E-state index contributed by atoms with van der Waals surface area (Å²) in [4.78, 5) is 4.48. The number of piperazine rings is 1. The number of benzene rings is 1. The Morgan fingerprint density at radius 1 is 1.05 bits per heavy atom. The number of hydrogen-bond donors (Lipinski definition) is 0. The summed E-state index contributed by atoms with van der Waals surface area (Å²) in [6, 6.07) is 6.92. The number of para-hydroxylation sites is 1. The fraction of sp³-hybridized carbons (Fsp3) is 0.625. The van der Waals surface area contributed by atoms with Gasteiger partial charge in [-0.3, -0.25) is 4.90 Å². The van der Waals surface area contributed by atoms with E-state index >= 15 is 0 Å². The Hall–Kier alpha value is -1.14. The Morgan fingerprint density at radius 3 is 2.32 bits per heavy atom. The first kappa shape index (κ1) is 15.7. The highest BCUT2D eigenvalue weighted by molar-refractivity contribution is 7.91. The molecule has 0 saturated carbocycles. The maximum Gasteiger partial charge on any atom is 0.150 e. The first-order valence-corrected chi connectivity index (χ1v) is 9.78. The number of rotatable bonds is 3. The molecule has 2 saturated heterocycles. The van der Waals surface area contributed by atoms with Crippen LogP contribution < -0.4 is 4.90 Å². The lowest BCUT2D eigenvalue weighted by Gasteiger charge is -2.38. The van der Waals surface area contributed by atoms with Gasteiger partial charge in [-0.1, -0.05) is 12.1 Å². The number of nitrogens with zero attached hydrogens (tertiary/aromatic N) is 2. The summed E-state index contributed by atoms with van der Waals surface area (Å²) >= 11 is 0. The van der Waals surface area contributed by atoms with E-state index in [0.29, 0.717) is 23.1 Å². The van der Waals surface area contributed by atoms with E-state index in [1.807, 2.05) is 12.1 Å². The molecule has 3 rings (SSSR count). The normalized spacial score (nSPS) is 23.6. The van der Waals surface area contributed by atoms with E-state index in [-0.39, 0.29) is 5.82 Å². The molecule has 2 fully saturated rings. The van der Waals surface area contributed by atoms with Crippen LogP contribution in [-0.2, 0) is 9.84 Å². The van der Waals surface area contributed by atoms with Crippen molar-refractivity contribution >= 4 is 15.5 Å². The summed E-state index contributed by atoms with van der Waals surface area (Å²) in [6.45, 7) is 4.45. The molecule has 0 aromatic heterocycles. The van der Waals surface area contributed by atoms with Crippen LogP contribution in [0.3, 0.4) is 0 Å². The van der Waals surface area contributed by atoms with Crippen molar-refractivity contribution < 1.29 is 12.8 Å². The molecule has 22 heavy (non-hydrogen) atoms. The van der Waals surface area contributed by atoms with E-state index in [1.54, 1.807) is 6.07 Å². The lowest BCUT2D eigenvalue weighted by Crippen LogP contribution is -2.48. The number of sulfone groups is 1. The van der Waals surface area contributed by atoms with Crippen molar-refractivity contribution in [2.45, 2.75) is 12.8 Å². The quantitative estimate of drug-likeness (QED) is 0.849. The summed E-state index contributed by atoms with van der Waals surface area (Å²) in [6.07, 6.45) is 1.58. The zero-order valence-electron chi connectivity index (χ0n) is 12.7. The van der Waals surface area contributed by atoms with Gasteiger partial charge >= 0.3 is 0 Å². The Kier molecular flexibility index (Phi) is 4.68. The van der Waals surface area contributed by atoms with Crippen LogP contribution in [0.15, 0.2) is 24.3 Å². The second kappa shape index (κ2) is 6.54. The Balaban J connectivity index is 1.49. The van der Waals surface area contributed by atoms with Gasteiger partial charge in [-0.2, -0.15) is 0 Å². The van der Waals surface area contributed by atoms with Crippen molar-refractivity contribution in [3.05, 3.63) is 30.1 Å². The molecule has 2 heterocycles. The van der Waals surface area contributed by atoms with Crippen molar-refractivity contribution in [2.75, 3.05) is 49.1 Å². The van der Waals surface area contributed by atoms with E-state index in [4.69, 9.17) is 0 Å². The molecule has 0 spiro atoms. The summed E-state index contributed by atoms with van der Waals surface area (Å²) in [5.41, 5.74) is 0.686. The summed E-state index contributed by atoms with van der Waals surface area (Å²) in [7, 11) is -2.77. The van der Waals surface area contributed by atoms with Crippen LogP contribution in [0.2, 0.25) is 0 Å². The standard InChI is InChI=1S/C16H23FN2O2S/c17-15-3-1-2-4-16(15)19-9-7-18(8-10-19)13-14-5-11-22(20,21)12-6-14/h1-4,14H,5-13H2. The van der Waals surface area contributed by atoms with Crippen molar-refractivity contribution in [3.63, 3.8) is 0 Å². The highest BCUT2D eigenvalue weighted by Gasteiger charge is 2.26. The van der Waals surface area contributed by atoms with Gasteiger partial charge in [-0.05, 0) is 30.9 Å². The highest BCUT2D eigenvalue weighted by Crippen LogP contribution is 2.23. The molecule has 0 atom stereocenters. The molecule has 0 radical (unpaired) electrons. The van der Waals surface area contributed by atoms with Gasteiger partial charge in [0, 0.05) is 32.7 Å². The Labute approximate surface area is 131 Å². The van der Waals surface area contributed by atoms with Gasteiger partial charge in [0.25, 0.3) is 0 Å². The van der Waals surface area contributed by atoms with Crippen LogP contribution >= 0.6 is 0 Å². The molecule has 122 valence electrons. The molecule has 0 bridgehead atoms. The molecular weight excluding hydrogens is 303 g/mol. The van der Waals surface area contributed by atoms with Crippen LogP contribution in [0.1, 0.15) is 12.8 Å². The second-order valence-electron chi connectivity index (χ2n) is 6.33. The molecule has 2 aliphatic heterocycles. The second-order valence-corrected chi connectivity index (χ2v) is 8.64. The first-order chi connectivity index (χ1) is 10.5. The van der Waals surface area contributed by atoms with Gasteiger partial charge in [0.15, 0.2) is 0 Å². The van der Waals surface area contributed by atoms with Crippen molar-refractivity contribution in [1.82, 2.24) is 4.90 Å². The number of halogens is 1. The van der Waals surface area contributed by atoms with Crippen LogP contribution in [0, 0.1) is 11.7 Å². The van der Waals surface area contributed by atoms with E-state index in [1.165, 1.54) is 6.07 Å². The van der Waals surface area contributed by atoms with Crippen LogP contribution in [0.5, 0.6) is 0 Å². The molecule has 1 aromatic rings. The van der Waals surface area contributed by atoms with E-state index in [0.717, 1.165) is 45.6 Å². The van der Waals surface area contributed by atoms with Gasteiger partial charge in [0.1, 0.15) is 15.7 Å². The Bertz CT molecular complexity index is 598. The van der Waals surface area contributed by atoms with Crippen molar-refractivity contribution in [3.8, 4) is 0 Å². The van der Waals surface area contributed by atoms with Gasteiger partial charge in [-0.15, -0.1) is 0 Å². The van der Waals surface area contributed by atoms with E-state index in [9.17, 15) is 12.8 Å².